The Morgan fingerprint density at radius 3 is 2.58 bits per heavy atom. The summed E-state index contributed by atoms with van der Waals surface area (Å²) < 4.78 is 2.03. The molecule has 1 aliphatic heterocycles. The molecule has 1 aromatic rings. The number of nitrogens with zero attached hydrogens (tertiary/aromatic N) is 2. The molecule has 1 aromatic heterocycles. The zero-order valence-electron chi connectivity index (χ0n) is 14.0. The van der Waals surface area contributed by atoms with Crippen LogP contribution in [0, 0.1) is 6.92 Å². The number of hydrogen-bond donors (Lipinski definition) is 1. The van der Waals surface area contributed by atoms with Gasteiger partial charge in [0.05, 0.1) is 0 Å². The zero-order valence-corrected chi connectivity index (χ0v) is 14.0. The fourth-order valence-corrected chi connectivity index (χ4v) is 3.52. The molecule has 6 heteroatoms. The SMILES string of the molecule is Cc1cc(=O)c(C(=O)N2CCCC2C(=O)NC2CC2)cn1C1CC1. The van der Waals surface area contributed by atoms with E-state index in [4.69, 9.17) is 0 Å². The number of likely N-dealkylation sites (tertiary alicyclic amines) is 1. The first-order valence-electron chi connectivity index (χ1n) is 8.89. The van der Waals surface area contributed by atoms with Crippen LogP contribution in [0.15, 0.2) is 17.1 Å². The number of nitrogens with one attached hydrogen (secondary N) is 1. The third-order valence-electron chi connectivity index (χ3n) is 5.19. The Bertz CT molecular complexity index is 746. The molecule has 128 valence electrons. The number of hydrogen-bond acceptors (Lipinski definition) is 3. The lowest BCUT2D eigenvalue weighted by atomic mass is 10.1. The lowest BCUT2D eigenvalue weighted by Gasteiger charge is -2.24. The topological polar surface area (TPSA) is 71.4 Å². The molecule has 0 bridgehead atoms. The molecule has 1 saturated heterocycles. The van der Waals surface area contributed by atoms with Gasteiger partial charge in [-0.15, -0.1) is 0 Å². The van der Waals surface area contributed by atoms with Crippen LogP contribution < -0.4 is 10.7 Å². The van der Waals surface area contributed by atoms with Gasteiger partial charge in [-0.05, 0) is 45.4 Å². The van der Waals surface area contributed by atoms with E-state index in [0.29, 0.717) is 19.0 Å². The van der Waals surface area contributed by atoms with Gasteiger partial charge in [-0.3, -0.25) is 14.4 Å². The molecule has 24 heavy (non-hydrogen) atoms. The molecule has 1 unspecified atom stereocenters. The van der Waals surface area contributed by atoms with Crippen LogP contribution in [0.5, 0.6) is 0 Å². The summed E-state index contributed by atoms with van der Waals surface area (Å²) in [5, 5.41) is 2.98. The van der Waals surface area contributed by atoms with Crippen molar-refractivity contribution >= 4 is 11.8 Å². The largest absolute Gasteiger partial charge is 0.352 e. The summed E-state index contributed by atoms with van der Waals surface area (Å²) in [6.45, 7) is 2.44. The number of rotatable bonds is 4. The Morgan fingerprint density at radius 1 is 1.17 bits per heavy atom. The number of aryl methyl sites for hydroxylation is 1. The van der Waals surface area contributed by atoms with Crippen molar-refractivity contribution < 1.29 is 9.59 Å². The van der Waals surface area contributed by atoms with Crippen molar-refractivity contribution in [3.8, 4) is 0 Å². The van der Waals surface area contributed by atoms with Gasteiger partial charge in [0.15, 0.2) is 5.43 Å². The van der Waals surface area contributed by atoms with Crippen molar-refractivity contribution in [1.82, 2.24) is 14.8 Å². The smallest absolute Gasteiger partial charge is 0.260 e. The Labute approximate surface area is 140 Å². The van der Waals surface area contributed by atoms with E-state index >= 15 is 0 Å². The second-order valence-corrected chi connectivity index (χ2v) is 7.27. The molecule has 1 atom stereocenters. The maximum absolute atomic E-state index is 12.9. The molecular weight excluding hydrogens is 306 g/mol. The van der Waals surface area contributed by atoms with E-state index in [9.17, 15) is 14.4 Å². The van der Waals surface area contributed by atoms with Crippen LogP contribution >= 0.6 is 0 Å². The van der Waals surface area contributed by atoms with Crippen molar-refractivity contribution in [1.29, 1.82) is 0 Å². The molecule has 0 radical (unpaired) electrons. The van der Waals surface area contributed by atoms with Gasteiger partial charge in [-0.2, -0.15) is 0 Å². The lowest BCUT2D eigenvalue weighted by Crippen LogP contribution is -2.47. The summed E-state index contributed by atoms with van der Waals surface area (Å²) in [5.74, 6) is -0.374. The van der Waals surface area contributed by atoms with Crippen LogP contribution in [-0.2, 0) is 4.79 Å². The number of aromatic nitrogens is 1. The predicted molar refractivity (Wildman–Crippen MR) is 88.9 cm³/mol. The van der Waals surface area contributed by atoms with Crippen molar-refractivity contribution in [2.24, 2.45) is 0 Å². The normalized spacial score (nSPS) is 23.4. The fraction of sp³-hybridized carbons (Fsp3) is 0.611. The molecule has 1 N–H and O–H groups in total. The summed E-state index contributed by atoms with van der Waals surface area (Å²) >= 11 is 0. The van der Waals surface area contributed by atoms with Crippen molar-refractivity contribution in [2.45, 2.75) is 63.6 Å². The maximum atomic E-state index is 12.9. The summed E-state index contributed by atoms with van der Waals surface area (Å²) in [7, 11) is 0. The highest BCUT2D eigenvalue weighted by atomic mass is 16.2. The summed E-state index contributed by atoms with van der Waals surface area (Å²) in [6, 6.07) is 1.79. The van der Waals surface area contributed by atoms with Crippen molar-refractivity contribution in [3.63, 3.8) is 0 Å². The average molecular weight is 329 g/mol. The van der Waals surface area contributed by atoms with Gasteiger partial charge in [0.2, 0.25) is 5.91 Å². The van der Waals surface area contributed by atoms with E-state index in [2.05, 4.69) is 5.32 Å². The van der Waals surface area contributed by atoms with Crippen LogP contribution in [0.3, 0.4) is 0 Å². The first kappa shape index (κ1) is 15.4. The second-order valence-electron chi connectivity index (χ2n) is 7.27. The monoisotopic (exact) mass is 329 g/mol. The zero-order chi connectivity index (χ0) is 16.8. The molecule has 0 spiro atoms. The van der Waals surface area contributed by atoms with Gasteiger partial charge < -0.3 is 14.8 Å². The average Bonchev–Trinajstić information content (AvgIpc) is 3.47. The third-order valence-corrected chi connectivity index (χ3v) is 5.19. The molecular formula is C18H23N3O3. The molecule has 2 aliphatic carbocycles. The quantitative estimate of drug-likeness (QED) is 0.907. The van der Waals surface area contributed by atoms with E-state index in [1.807, 2.05) is 11.5 Å². The van der Waals surface area contributed by atoms with Crippen LogP contribution in [0.1, 0.15) is 60.6 Å². The molecule has 6 nitrogen and oxygen atoms in total. The lowest BCUT2D eigenvalue weighted by molar-refractivity contribution is -0.125. The maximum Gasteiger partial charge on any atom is 0.260 e. The summed E-state index contributed by atoms with van der Waals surface area (Å²) in [5.41, 5.74) is 0.838. The van der Waals surface area contributed by atoms with Crippen molar-refractivity contribution in [3.05, 3.63) is 33.7 Å². The van der Waals surface area contributed by atoms with E-state index in [1.54, 1.807) is 17.2 Å². The molecule has 3 aliphatic rings. The standard InChI is InChI=1S/C18H23N3O3/c1-11-9-16(22)14(10-21(11)13-6-7-13)18(24)20-8-2-3-15(20)17(23)19-12-4-5-12/h9-10,12-13,15H,2-8H2,1H3,(H,19,23). The minimum Gasteiger partial charge on any atom is -0.352 e. The Kier molecular flexibility index (Phi) is 3.70. The summed E-state index contributed by atoms with van der Waals surface area (Å²) in [4.78, 5) is 39.2. The van der Waals surface area contributed by atoms with Crippen LogP contribution in [0.2, 0.25) is 0 Å². The van der Waals surface area contributed by atoms with E-state index in [1.165, 1.54) is 0 Å². The molecule has 4 rings (SSSR count). The third kappa shape index (κ3) is 2.85. The number of carbonyl (C=O) groups is 2. The number of pyridine rings is 1. The van der Waals surface area contributed by atoms with Gasteiger partial charge in [-0.25, -0.2) is 0 Å². The number of carbonyl (C=O) groups excluding carboxylic acids is 2. The molecule has 0 aromatic carbocycles. The van der Waals surface area contributed by atoms with E-state index in [0.717, 1.165) is 37.8 Å². The van der Waals surface area contributed by atoms with Gasteiger partial charge in [0.1, 0.15) is 11.6 Å². The molecule has 2 saturated carbocycles. The van der Waals surface area contributed by atoms with Crippen LogP contribution in [-0.4, -0.2) is 39.9 Å². The first-order valence-corrected chi connectivity index (χ1v) is 8.89. The Hall–Kier alpha value is -2.11. The second kappa shape index (κ2) is 5.76. The predicted octanol–water partition coefficient (Wildman–Crippen LogP) is 1.37. The van der Waals surface area contributed by atoms with Crippen molar-refractivity contribution in [2.75, 3.05) is 6.54 Å². The molecule has 2 amide bonds. The van der Waals surface area contributed by atoms with Gasteiger partial charge >= 0.3 is 0 Å². The van der Waals surface area contributed by atoms with Gasteiger partial charge in [0, 0.05) is 36.6 Å². The van der Waals surface area contributed by atoms with Crippen LogP contribution in [0.4, 0.5) is 0 Å². The minimum atomic E-state index is -0.437. The summed E-state index contributed by atoms with van der Waals surface area (Å²) in [6.07, 6.45) is 7.41. The Morgan fingerprint density at radius 2 is 1.92 bits per heavy atom. The van der Waals surface area contributed by atoms with E-state index in [-0.39, 0.29) is 28.8 Å². The molecule has 3 fully saturated rings. The highest BCUT2D eigenvalue weighted by molar-refractivity contribution is 5.97. The fourth-order valence-electron chi connectivity index (χ4n) is 3.52. The van der Waals surface area contributed by atoms with E-state index < -0.39 is 6.04 Å². The van der Waals surface area contributed by atoms with Gasteiger partial charge in [-0.1, -0.05) is 0 Å². The highest BCUT2D eigenvalue weighted by Crippen LogP contribution is 2.35. The Balaban J connectivity index is 1.59. The molecule has 2 heterocycles. The number of amides is 2. The highest BCUT2D eigenvalue weighted by Gasteiger charge is 2.37. The van der Waals surface area contributed by atoms with Gasteiger partial charge in [0.25, 0.3) is 5.91 Å². The minimum absolute atomic E-state index is 0.0713. The van der Waals surface area contributed by atoms with Crippen LogP contribution in [0.25, 0.3) is 0 Å². The first-order chi connectivity index (χ1) is 11.5.